The topological polar surface area (TPSA) is 277 Å². The number of unbranched alkanes of at least 4 members (excludes halogenated alkanes) is 6. The molecule has 0 aromatic rings. The van der Waals surface area contributed by atoms with Crippen molar-refractivity contribution in [3.8, 4) is 0 Å². The summed E-state index contributed by atoms with van der Waals surface area (Å²) in [5, 5.41) is 12.0. The maximum Gasteiger partial charge on any atom is 1.00 e. The van der Waals surface area contributed by atoms with E-state index in [2.05, 4.69) is 9.47 Å². The minimum atomic E-state index is -3.43. The summed E-state index contributed by atoms with van der Waals surface area (Å²) in [4.78, 5) is 95.5. The van der Waals surface area contributed by atoms with E-state index >= 15 is 0 Å². The van der Waals surface area contributed by atoms with Crippen molar-refractivity contribution in [3.05, 3.63) is 22.1 Å². The molecule has 496 valence electrons. The molecule has 2 aliphatic heterocycles. The average Bonchev–Trinajstić information content (AvgIpc) is 3.08. The van der Waals surface area contributed by atoms with Crippen LogP contribution in [0.4, 0.5) is 17.6 Å². The smallest absolute Gasteiger partial charge is 1.00 e. The second-order valence-electron chi connectivity index (χ2n) is 22.3. The Morgan fingerprint density at radius 2 is 1.05 bits per heavy atom. The van der Waals surface area contributed by atoms with Gasteiger partial charge in [-0.05, 0) is 88.8 Å². The summed E-state index contributed by atoms with van der Waals surface area (Å²) in [6.07, 6.45) is 17.3. The number of carbonyl (C=O) groups is 7. The van der Waals surface area contributed by atoms with Crippen molar-refractivity contribution in [3.63, 3.8) is 0 Å². The molecule has 2 heterocycles. The number of alkyl halides is 4. The molecule has 0 aromatic carbocycles. The normalized spacial score (nSPS) is 24.6. The summed E-state index contributed by atoms with van der Waals surface area (Å²) in [5.41, 5.74) is 0. The third kappa shape index (κ3) is 34.6. The number of Topliss-reactive ketones (excluding diaryl/α,β-unsaturated/α-hetero) is 1. The number of carbonyl (C=O) groups excluding carboxylic acids is 7. The van der Waals surface area contributed by atoms with E-state index in [0.717, 1.165) is 109 Å². The van der Waals surface area contributed by atoms with Gasteiger partial charge in [0, 0.05) is 114 Å². The van der Waals surface area contributed by atoms with Crippen LogP contribution < -0.4 is 18.9 Å². The van der Waals surface area contributed by atoms with E-state index < -0.39 is 62.4 Å². The number of ether oxygens (including phenoxy) is 8. The zero-order chi connectivity index (χ0) is 64.5. The van der Waals surface area contributed by atoms with Crippen LogP contribution in [0.2, 0.25) is 0 Å². The van der Waals surface area contributed by atoms with Crippen molar-refractivity contribution in [2.24, 2.45) is 35.5 Å². The van der Waals surface area contributed by atoms with Gasteiger partial charge in [0.2, 0.25) is 11.6 Å². The molecule has 2 saturated heterocycles. The molecule has 86 heavy (non-hydrogen) atoms. The number of hydrogen-bond donors (Lipinski definition) is 2. The molecule has 0 radical (unpaired) electrons. The summed E-state index contributed by atoms with van der Waals surface area (Å²) < 4.78 is 105. The molecule has 20 nitrogen and oxygen atoms in total. The Morgan fingerprint density at radius 3 is 1.42 bits per heavy atom. The van der Waals surface area contributed by atoms with Gasteiger partial charge < -0.3 is 48.6 Å². The van der Waals surface area contributed by atoms with E-state index in [1.807, 2.05) is 13.8 Å². The van der Waals surface area contributed by atoms with Crippen LogP contribution in [-0.2, 0) is 76.0 Å². The van der Waals surface area contributed by atoms with Gasteiger partial charge in [0.05, 0.1) is 32.6 Å². The first-order valence-electron chi connectivity index (χ1n) is 30.1. The number of hydrogen-bond acceptors (Lipinski definition) is 20. The van der Waals surface area contributed by atoms with Crippen LogP contribution in [-0.4, -0.2) is 148 Å². The van der Waals surface area contributed by atoms with Crippen molar-refractivity contribution in [1.29, 1.82) is 0 Å². The molecule has 2 saturated carbocycles. The SMILES string of the molecule is CC[C@H](C)CC(F)(F)C(=O)/C=C/[C@@H]1[C@@H](CCCCCCC(=O)OC)[C@@H](OC(C)=O)C[C@H]1OC1CCCCO1.CC[C@H](C)CC(F)(F)C(=O)CP(C)OC.COC(=O)CCCCCC[C@@H]1[C@@H](C=O)[C@H](OC2CCCCO2)C[C@@H]1OC(C)=O.O=O.OO.[H-].[Li+]. The Bertz CT molecular complexity index is 1920. The fourth-order valence-electron chi connectivity index (χ4n) is 10.7. The molecule has 13 atom stereocenters. The molecule has 4 fully saturated rings. The van der Waals surface area contributed by atoms with Crippen molar-refractivity contribution in [2.45, 2.75) is 244 Å². The molecule has 2 aliphatic carbocycles. The van der Waals surface area contributed by atoms with E-state index in [-0.39, 0.29) is 105 Å². The maximum absolute atomic E-state index is 14.6. The van der Waals surface area contributed by atoms with Crippen molar-refractivity contribution in [1.82, 2.24) is 0 Å². The molecule has 0 spiro atoms. The van der Waals surface area contributed by atoms with Crippen molar-refractivity contribution < 1.29 is 124 Å². The third-order valence-electron chi connectivity index (χ3n) is 15.8. The fraction of sp³-hybridized carbons (Fsp3) is 0.850. The summed E-state index contributed by atoms with van der Waals surface area (Å²) in [7, 11) is 3.16. The predicted octanol–water partition coefficient (Wildman–Crippen LogP) is 9.86. The number of halogens is 4. The summed E-state index contributed by atoms with van der Waals surface area (Å²) in [6.45, 7) is 12.8. The monoisotopic (exact) mass is 1260 g/mol. The number of methoxy groups -OCH3 is 2. The van der Waals surface area contributed by atoms with Gasteiger partial charge in [-0.25, -0.2) is 0 Å². The van der Waals surface area contributed by atoms with E-state index in [9.17, 15) is 51.1 Å². The Morgan fingerprint density at radius 1 is 0.640 bits per heavy atom. The standard InChI is InChI=1S/C29H46F2O7.C21H34O7.C10H19F2O2P.Li.H2O2.O2.H/c1-5-20(2)19-29(30,31)26(33)16-15-23-22(12-8-6-7-9-13-27(34)35-4)24(37-21(3)32)18-25(23)38-28-14-10-11-17-36-28;1-15(23)27-18-13-19(28-21-11-7-8-12-26-21)17(14-22)16(18)9-5-3-4-6-10-20(24)25-2;1-5-8(2)6-10(11,12)9(13)7-15(4)14-3;;2*1-2;/h15-16,20,22-25,28H,5-14,17-19H2,1-4H3;14,16-19,21H,3-13H2,1-2H3;8H,5-7H2,1-4H3;;1-2H;;/q;;;+1;;;-1/b16-15+;;;;;;/t20-,22+,23+,24-,25+,28?;16-,17-,18+,19-,21?;8-,15?;;;;/m010..../s1. The van der Waals surface area contributed by atoms with Gasteiger partial charge >= 0.3 is 54.6 Å². The zero-order valence-electron chi connectivity index (χ0n) is 54.0. The first kappa shape index (κ1) is 84.8. The van der Waals surface area contributed by atoms with Gasteiger partial charge in [-0.1, -0.05) is 85.1 Å². The van der Waals surface area contributed by atoms with E-state index in [0.29, 0.717) is 58.2 Å². The quantitative estimate of drug-likeness (QED) is 0.00579. The van der Waals surface area contributed by atoms with E-state index in [1.54, 1.807) is 26.6 Å². The molecule has 4 aliphatic rings. The van der Waals surface area contributed by atoms with Crippen LogP contribution in [0.3, 0.4) is 0 Å². The van der Waals surface area contributed by atoms with Crippen molar-refractivity contribution >= 4 is 49.9 Å². The average molecular weight is 1260 g/mol. The third-order valence-corrected chi connectivity index (χ3v) is 17.1. The van der Waals surface area contributed by atoms with Gasteiger partial charge in [-0.3, -0.25) is 39.3 Å². The van der Waals surface area contributed by atoms with Gasteiger partial charge in [0.25, 0.3) is 0 Å². The van der Waals surface area contributed by atoms with Crippen LogP contribution in [0.5, 0.6) is 0 Å². The minimum absolute atomic E-state index is 0. The minimum Gasteiger partial charge on any atom is -1.00 e. The summed E-state index contributed by atoms with van der Waals surface area (Å²) in [5.74, 6) is -11.2. The van der Waals surface area contributed by atoms with Crippen molar-refractivity contribution in [2.75, 3.05) is 47.4 Å². The van der Waals surface area contributed by atoms with Crippen LogP contribution >= 0.6 is 8.15 Å². The van der Waals surface area contributed by atoms with Crippen LogP contribution in [0, 0.1) is 45.4 Å². The second-order valence-corrected chi connectivity index (χ2v) is 24.3. The van der Waals surface area contributed by atoms with Gasteiger partial charge in [-0.2, -0.15) is 17.6 Å². The summed E-state index contributed by atoms with van der Waals surface area (Å²) >= 11 is 0. The second kappa shape index (κ2) is 48.5. The van der Waals surface area contributed by atoms with Crippen LogP contribution in [0.25, 0.3) is 0 Å². The van der Waals surface area contributed by atoms with Gasteiger partial charge in [0.1, 0.15) is 18.5 Å². The predicted molar refractivity (Wildman–Crippen MR) is 312 cm³/mol. The first-order valence-corrected chi connectivity index (χ1v) is 31.9. The molecule has 4 rings (SSSR count). The van der Waals surface area contributed by atoms with Crippen LogP contribution in [0.1, 0.15) is 197 Å². The molecule has 0 amide bonds. The largest absolute Gasteiger partial charge is 1.00 e. The molecular weight excluding hydrogens is 1150 g/mol. The van der Waals surface area contributed by atoms with E-state index in [1.165, 1.54) is 35.2 Å². The molecule has 26 heteroatoms. The number of ketones is 2. The molecule has 0 aromatic heterocycles. The number of aldehydes is 1. The molecular formula is C60H102F4LiO20P. The maximum atomic E-state index is 14.6. The van der Waals surface area contributed by atoms with Gasteiger partial charge in [-0.15, -0.1) is 0 Å². The Balaban J connectivity index is -0.00000126. The van der Waals surface area contributed by atoms with Crippen LogP contribution in [0.15, 0.2) is 12.2 Å². The number of rotatable bonds is 34. The fourth-order valence-corrected chi connectivity index (χ4v) is 11.5. The zero-order valence-corrected chi connectivity index (χ0v) is 53.8. The number of allylic oxidation sites excluding steroid dienone is 1. The van der Waals surface area contributed by atoms with E-state index in [4.69, 9.17) is 53.4 Å². The molecule has 3 unspecified atom stereocenters. The molecule has 0 bridgehead atoms. The first-order chi connectivity index (χ1) is 40.4. The summed E-state index contributed by atoms with van der Waals surface area (Å²) in [6, 6.07) is 0. The number of esters is 4. The Kier molecular flexibility index (Phi) is 47.8. The van der Waals surface area contributed by atoms with Gasteiger partial charge in [0.15, 0.2) is 12.6 Å². The Hall–Kier alpha value is -3.30. The Labute approximate surface area is 521 Å². The molecule has 2 N–H and O–H groups in total.